The van der Waals surface area contributed by atoms with E-state index in [4.69, 9.17) is 16.0 Å². The standard InChI is InChI=1S/C26H21ClF2N6O3S/c27-20-14-19(7-8-21(20)29)39(36,37)34-11-1-2-18(15-34)31-25-30-10-9-22(32-25)24-23(16-3-5-17(28)6-4-16)33-26-35(24)12-13-38-26/h3-10,12-14,18H,1-2,11,15H2,(H,30,31,32)/t18-/m1/s1. The molecule has 0 radical (unpaired) electrons. The van der Waals surface area contributed by atoms with Gasteiger partial charge in [0.05, 0.1) is 15.6 Å². The first-order valence-corrected chi connectivity index (χ1v) is 13.9. The number of imidazole rings is 1. The molecule has 200 valence electrons. The number of anilines is 1. The molecule has 0 amide bonds. The molecular weight excluding hydrogens is 550 g/mol. The van der Waals surface area contributed by atoms with E-state index in [-0.39, 0.29) is 28.3 Å². The van der Waals surface area contributed by atoms with Crippen LogP contribution in [0.25, 0.3) is 28.5 Å². The van der Waals surface area contributed by atoms with Gasteiger partial charge in [0.2, 0.25) is 16.0 Å². The Morgan fingerprint density at radius 2 is 1.90 bits per heavy atom. The Morgan fingerprint density at radius 1 is 1.08 bits per heavy atom. The molecule has 3 aromatic heterocycles. The fourth-order valence-electron chi connectivity index (χ4n) is 4.65. The van der Waals surface area contributed by atoms with Gasteiger partial charge in [0.15, 0.2) is 0 Å². The first-order chi connectivity index (χ1) is 18.8. The average molecular weight is 571 g/mol. The van der Waals surface area contributed by atoms with Crippen molar-refractivity contribution in [3.05, 3.63) is 83.8 Å². The van der Waals surface area contributed by atoms with Crippen LogP contribution in [0, 0.1) is 11.6 Å². The molecule has 0 bridgehead atoms. The van der Waals surface area contributed by atoms with Crippen molar-refractivity contribution in [2.75, 3.05) is 18.4 Å². The highest BCUT2D eigenvalue weighted by molar-refractivity contribution is 7.89. The number of benzene rings is 2. The van der Waals surface area contributed by atoms with Gasteiger partial charge in [0.25, 0.3) is 0 Å². The van der Waals surface area contributed by atoms with Crippen molar-refractivity contribution >= 4 is 33.4 Å². The minimum Gasteiger partial charge on any atom is -0.432 e. The molecule has 1 saturated heterocycles. The van der Waals surface area contributed by atoms with Crippen LogP contribution in [0.15, 0.2) is 76.5 Å². The Labute approximate surface area is 227 Å². The lowest BCUT2D eigenvalue weighted by Crippen LogP contribution is -2.45. The third-order valence-electron chi connectivity index (χ3n) is 6.52. The molecule has 1 atom stereocenters. The van der Waals surface area contributed by atoms with Crippen molar-refractivity contribution in [3.63, 3.8) is 0 Å². The molecule has 1 aliphatic rings. The largest absolute Gasteiger partial charge is 0.432 e. The van der Waals surface area contributed by atoms with Gasteiger partial charge in [-0.2, -0.15) is 9.29 Å². The third-order valence-corrected chi connectivity index (χ3v) is 8.67. The second-order valence-electron chi connectivity index (χ2n) is 9.06. The molecule has 5 aromatic rings. The zero-order valence-corrected chi connectivity index (χ0v) is 21.8. The molecule has 9 nitrogen and oxygen atoms in total. The topological polar surface area (TPSA) is 106 Å². The summed E-state index contributed by atoms with van der Waals surface area (Å²) in [5, 5.41) is 3.00. The van der Waals surface area contributed by atoms with Crippen LogP contribution in [-0.2, 0) is 10.0 Å². The quantitative estimate of drug-likeness (QED) is 0.297. The number of nitrogens with zero attached hydrogens (tertiary/aromatic N) is 5. The van der Waals surface area contributed by atoms with Gasteiger partial charge >= 0.3 is 5.84 Å². The zero-order chi connectivity index (χ0) is 27.1. The number of piperidine rings is 1. The molecule has 0 unspecified atom stereocenters. The van der Waals surface area contributed by atoms with Crippen LogP contribution < -0.4 is 5.32 Å². The summed E-state index contributed by atoms with van der Waals surface area (Å²) < 4.78 is 62.1. The second kappa shape index (κ2) is 10.0. The fraction of sp³-hybridized carbons (Fsp3) is 0.192. The maximum Gasteiger partial charge on any atom is 0.306 e. The van der Waals surface area contributed by atoms with E-state index in [1.807, 2.05) is 0 Å². The Kier molecular flexibility index (Phi) is 6.53. The lowest BCUT2D eigenvalue weighted by atomic mass is 10.1. The van der Waals surface area contributed by atoms with E-state index in [0.29, 0.717) is 53.8 Å². The number of sulfonamides is 1. The average Bonchev–Trinajstić information content (AvgIpc) is 3.53. The van der Waals surface area contributed by atoms with Gasteiger partial charge in [0.1, 0.15) is 29.3 Å². The molecule has 1 aliphatic heterocycles. The SMILES string of the molecule is O=S(=O)(c1ccc(F)c(Cl)c1)N1CCC[C@@H](Nc2nccc(-c3c(-c4ccc(F)cc4)nc4occn34)n2)C1. The Bertz CT molecular complexity index is 1770. The first kappa shape index (κ1) is 25.4. The smallest absolute Gasteiger partial charge is 0.306 e. The summed E-state index contributed by atoms with van der Waals surface area (Å²) in [5.74, 6) is -0.376. The van der Waals surface area contributed by atoms with Gasteiger partial charge in [-0.15, -0.1) is 0 Å². The van der Waals surface area contributed by atoms with Crippen molar-refractivity contribution in [1.82, 2.24) is 23.7 Å². The van der Waals surface area contributed by atoms with Crippen LogP contribution in [0.5, 0.6) is 0 Å². The summed E-state index contributed by atoms with van der Waals surface area (Å²) in [5.41, 5.74) is 2.43. The van der Waals surface area contributed by atoms with Crippen LogP contribution in [0.4, 0.5) is 14.7 Å². The maximum atomic E-state index is 13.6. The second-order valence-corrected chi connectivity index (χ2v) is 11.4. The van der Waals surface area contributed by atoms with E-state index in [1.54, 1.807) is 35.0 Å². The van der Waals surface area contributed by atoms with Crippen molar-refractivity contribution in [2.45, 2.75) is 23.8 Å². The van der Waals surface area contributed by atoms with Crippen molar-refractivity contribution in [3.8, 4) is 22.6 Å². The molecule has 4 heterocycles. The summed E-state index contributed by atoms with van der Waals surface area (Å²) >= 11 is 5.82. The summed E-state index contributed by atoms with van der Waals surface area (Å²) in [4.78, 5) is 13.5. The molecule has 1 N–H and O–H groups in total. The summed E-state index contributed by atoms with van der Waals surface area (Å²) in [6.45, 7) is 0.496. The van der Waals surface area contributed by atoms with Crippen molar-refractivity contribution in [2.24, 2.45) is 0 Å². The van der Waals surface area contributed by atoms with Crippen molar-refractivity contribution < 1.29 is 21.6 Å². The predicted molar refractivity (Wildman–Crippen MR) is 141 cm³/mol. The summed E-state index contributed by atoms with van der Waals surface area (Å²) in [6.07, 6.45) is 6.12. The molecule has 2 aromatic carbocycles. The molecule has 1 fully saturated rings. The molecule has 39 heavy (non-hydrogen) atoms. The molecule has 0 aliphatic carbocycles. The number of hydrogen-bond acceptors (Lipinski definition) is 7. The van der Waals surface area contributed by atoms with E-state index < -0.39 is 15.8 Å². The highest BCUT2D eigenvalue weighted by atomic mass is 35.5. The minimum absolute atomic E-state index is 0.0639. The molecule has 6 rings (SSSR count). The Balaban J connectivity index is 1.27. The fourth-order valence-corrected chi connectivity index (χ4v) is 6.44. The number of oxazole rings is 1. The van der Waals surface area contributed by atoms with E-state index in [9.17, 15) is 17.2 Å². The normalized spacial score (nSPS) is 16.5. The molecule has 13 heteroatoms. The zero-order valence-electron chi connectivity index (χ0n) is 20.3. The van der Waals surface area contributed by atoms with Gasteiger partial charge in [-0.3, -0.25) is 4.40 Å². The lowest BCUT2D eigenvalue weighted by molar-refractivity contribution is 0.326. The van der Waals surface area contributed by atoms with Crippen LogP contribution in [0.1, 0.15) is 12.8 Å². The monoisotopic (exact) mass is 570 g/mol. The Morgan fingerprint density at radius 3 is 2.69 bits per heavy atom. The minimum atomic E-state index is -3.87. The lowest BCUT2D eigenvalue weighted by Gasteiger charge is -2.32. The van der Waals surface area contributed by atoms with Gasteiger partial charge in [-0.25, -0.2) is 27.2 Å². The van der Waals surface area contributed by atoms with Gasteiger partial charge in [-0.05, 0) is 61.4 Å². The third kappa shape index (κ3) is 4.86. The van der Waals surface area contributed by atoms with Crippen molar-refractivity contribution in [1.29, 1.82) is 0 Å². The predicted octanol–water partition coefficient (Wildman–Crippen LogP) is 5.25. The number of fused-ring (bicyclic) bond motifs is 1. The van der Waals surface area contributed by atoms with Gasteiger partial charge in [0, 0.05) is 37.1 Å². The molecule has 0 spiro atoms. The summed E-state index contributed by atoms with van der Waals surface area (Å²) in [7, 11) is -3.87. The summed E-state index contributed by atoms with van der Waals surface area (Å²) in [6, 6.07) is 10.8. The first-order valence-electron chi connectivity index (χ1n) is 12.1. The van der Waals surface area contributed by atoms with Gasteiger partial charge in [-0.1, -0.05) is 11.6 Å². The molecular formula is C26H21ClF2N6O3S. The van der Waals surface area contributed by atoms with Crippen LogP contribution >= 0.6 is 11.6 Å². The highest BCUT2D eigenvalue weighted by Gasteiger charge is 2.31. The van der Waals surface area contributed by atoms with E-state index in [2.05, 4.69) is 20.3 Å². The van der Waals surface area contributed by atoms with E-state index in [1.165, 1.54) is 28.8 Å². The van der Waals surface area contributed by atoms with Crippen LogP contribution in [0.3, 0.4) is 0 Å². The molecule has 0 saturated carbocycles. The number of nitrogens with one attached hydrogen (secondary N) is 1. The Hall–Kier alpha value is -3.87. The maximum absolute atomic E-state index is 13.6. The van der Waals surface area contributed by atoms with E-state index in [0.717, 1.165) is 12.1 Å². The number of aromatic nitrogens is 4. The van der Waals surface area contributed by atoms with Crippen LogP contribution in [-0.4, -0.2) is 51.2 Å². The number of rotatable bonds is 6. The van der Waals surface area contributed by atoms with E-state index >= 15 is 0 Å². The van der Waals surface area contributed by atoms with Gasteiger partial charge < -0.3 is 9.73 Å². The number of halogens is 3. The number of hydrogen-bond donors (Lipinski definition) is 1. The van der Waals surface area contributed by atoms with Crippen LogP contribution in [0.2, 0.25) is 5.02 Å². The highest BCUT2D eigenvalue weighted by Crippen LogP contribution is 2.33.